The number of halogens is 6. The van der Waals surface area contributed by atoms with Gasteiger partial charge in [-0.3, -0.25) is 0 Å². The molecule has 0 unspecified atom stereocenters. The van der Waals surface area contributed by atoms with Crippen molar-refractivity contribution in [2.75, 3.05) is 0 Å². The summed E-state index contributed by atoms with van der Waals surface area (Å²) in [5, 5.41) is 13.6. The maximum absolute atomic E-state index is 11.2. The molecule has 0 spiro atoms. The van der Waals surface area contributed by atoms with Crippen molar-refractivity contribution in [3.63, 3.8) is 0 Å². The van der Waals surface area contributed by atoms with Crippen LogP contribution in [0.1, 0.15) is 1.43 Å². The standard InChI is InChI=1S/6FH.HNO3.Sb/c;;;;;;2-1(3)4;/h6*1H;(H,2,3,4);/q;;;;;;;+5/p-5. The van der Waals surface area contributed by atoms with Gasteiger partial charge >= 0.3 is 37.8 Å². The van der Waals surface area contributed by atoms with E-state index in [0.29, 0.717) is 0 Å². The Morgan fingerprint density at radius 3 is 1.18 bits per heavy atom. The van der Waals surface area contributed by atoms with Crippen LogP contribution in [0.2, 0.25) is 0 Å². The molecule has 11 heteroatoms. The molecule has 1 N–H and O–H groups in total. The molecule has 0 aromatic rings. The molecule has 0 aliphatic rings. The molecule has 0 aliphatic carbocycles. The van der Waals surface area contributed by atoms with Crippen LogP contribution >= 0.6 is 0 Å². The average molecular weight is 300 g/mol. The van der Waals surface area contributed by atoms with Crippen LogP contribution in [0, 0.1) is 10.1 Å². The van der Waals surface area contributed by atoms with Gasteiger partial charge in [-0.25, -0.2) is 0 Å². The molecule has 0 heterocycles. The Balaban J connectivity index is -0.000000142. The van der Waals surface area contributed by atoms with Gasteiger partial charge in [0, 0.05) is 0 Å². The third-order valence-electron chi connectivity index (χ3n) is 0. The smallest absolute Gasteiger partial charge is 1.00 e. The molecule has 11 heavy (non-hydrogen) atoms. The Hall–Kier alpha value is -0.402. The minimum atomic E-state index is -11.2. The van der Waals surface area contributed by atoms with Crippen LogP contribution in [0.4, 0.5) is 16.9 Å². The second kappa shape index (κ2) is 2.29. The van der Waals surface area contributed by atoms with E-state index < -0.39 is 24.6 Å². The fourth-order valence-electron chi connectivity index (χ4n) is 0. The maximum atomic E-state index is 9.93. The van der Waals surface area contributed by atoms with Crippen molar-refractivity contribution < 1.29 is 28.6 Å². The molecule has 0 bridgehead atoms. The van der Waals surface area contributed by atoms with Gasteiger partial charge in [0.15, 0.2) is 0 Å². The summed E-state index contributed by atoms with van der Waals surface area (Å²) in [6.07, 6.45) is 0. The van der Waals surface area contributed by atoms with E-state index in [1.807, 2.05) is 0 Å². The van der Waals surface area contributed by atoms with E-state index in [4.69, 9.17) is 15.3 Å². The van der Waals surface area contributed by atoms with E-state index in [9.17, 15) is 16.9 Å². The molecular weight excluding hydrogens is 298 g/mol. The molecule has 4 nitrogen and oxygen atoms in total. The molecule has 0 radical (unpaired) electrons. The van der Waals surface area contributed by atoms with Crippen LogP contribution in [0.5, 0.6) is 0 Å². The summed E-state index contributed by atoms with van der Waals surface area (Å²) >= 11 is -11.2. The van der Waals surface area contributed by atoms with Crippen molar-refractivity contribution in [2.24, 2.45) is 0 Å². The van der Waals surface area contributed by atoms with Gasteiger partial charge in [0.1, 0.15) is 0 Å². The Morgan fingerprint density at radius 2 is 1.18 bits per heavy atom. The second-order valence-corrected chi connectivity index (χ2v) is 6.67. The van der Waals surface area contributed by atoms with Crippen molar-refractivity contribution in [3.8, 4) is 0 Å². The van der Waals surface area contributed by atoms with Crippen LogP contribution in [-0.4, -0.2) is 29.8 Å². The first-order valence-electron chi connectivity index (χ1n) is 1.58. The first-order chi connectivity index (χ1) is 4.18. The van der Waals surface area contributed by atoms with Crippen LogP contribution in [0.15, 0.2) is 0 Å². The average Bonchev–Trinajstić information content (AvgIpc) is 1.11. The first kappa shape index (κ1) is 13.2. The van der Waals surface area contributed by atoms with Gasteiger partial charge in [0.05, 0.1) is 0 Å². The quantitative estimate of drug-likeness (QED) is 0.322. The summed E-state index contributed by atoms with van der Waals surface area (Å²) < 4.78 is 59.6. The molecule has 0 saturated carbocycles. The van der Waals surface area contributed by atoms with Gasteiger partial charge in [0.2, 0.25) is 0 Å². The minimum Gasteiger partial charge on any atom is 1.00 e. The largest absolute Gasteiger partial charge is 1.00 e. The van der Waals surface area contributed by atoms with Gasteiger partial charge in [-0.2, -0.15) is 0 Å². The molecule has 0 rings (SSSR count). The zero-order valence-electron chi connectivity index (χ0n) is 5.43. The topological polar surface area (TPSA) is 63.4 Å². The number of hydrogen-bond donors (Lipinski definition) is 1. The summed E-state index contributed by atoms with van der Waals surface area (Å²) in [7, 11) is 0. The van der Waals surface area contributed by atoms with E-state index in [-0.39, 0.29) is 1.43 Å². The molecular formula is H2F6NO3Sb. The third-order valence-corrected chi connectivity index (χ3v) is 0. The van der Waals surface area contributed by atoms with E-state index in [1.165, 1.54) is 0 Å². The van der Waals surface area contributed by atoms with Gasteiger partial charge in [-0.15, -0.1) is 10.1 Å². The molecule has 0 amide bonds. The Kier molecular flexibility index (Phi) is 2.75. The third kappa shape index (κ3) is 3430. The van der Waals surface area contributed by atoms with Crippen molar-refractivity contribution in [3.05, 3.63) is 10.1 Å². The van der Waals surface area contributed by atoms with E-state index in [1.54, 1.807) is 0 Å². The van der Waals surface area contributed by atoms with E-state index in [0.717, 1.165) is 0 Å². The van der Waals surface area contributed by atoms with Crippen LogP contribution < -0.4 is 0 Å². The zero-order valence-corrected chi connectivity index (χ0v) is 6.98. The molecule has 0 aromatic heterocycles. The SMILES string of the molecule is O=[N+]([O-])O.[F][Sb-]([F])([F])([F])([F])[F].[H+]. The Labute approximate surface area is 58.9 Å². The minimum absolute atomic E-state index is 0. The van der Waals surface area contributed by atoms with Crippen molar-refractivity contribution >= 4 is 19.5 Å². The number of nitrogens with zero attached hydrogens (tertiary/aromatic N) is 1. The predicted molar refractivity (Wildman–Crippen MR) is 22.3 cm³/mol. The number of rotatable bonds is 0. The maximum Gasteiger partial charge on any atom is 1.00 e. The van der Waals surface area contributed by atoms with E-state index in [2.05, 4.69) is 0 Å². The predicted octanol–water partition coefficient (Wildman–Crippen LogP) is 1.91. The normalized spacial score (nSPS) is 16.9. The van der Waals surface area contributed by atoms with Crippen LogP contribution in [0.25, 0.3) is 0 Å². The van der Waals surface area contributed by atoms with Gasteiger partial charge < -0.3 is 5.21 Å². The van der Waals surface area contributed by atoms with Gasteiger partial charge in [-0.05, 0) is 0 Å². The fourth-order valence-corrected chi connectivity index (χ4v) is 0. The Bertz CT molecular complexity index is 141. The molecule has 0 aromatic carbocycles. The van der Waals surface area contributed by atoms with Crippen LogP contribution in [-0.2, 0) is 0 Å². The van der Waals surface area contributed by atoms with Crippen molar-refractivity contribution in [1.82, 2.24) is 0 Å². The van der Waals surface area contributed by atoms with Crippen LogP contribution in [0.3, 0.4) is 0 Å². The van der Waals surface area contributed by atoms with Crippen molar-refractivity contribution in [2.45, 2.75) is 0 Å². The summed E-state index contributed by atoms with van der Waals surface area (Å²) in [6, 6.07) is 0. The molecule has 0 aliphatic heterocycles. The summed E-state index contributed by atoms with van der Waals surface area (Å²) in [5.74, 6) is 0. The summed E-state index contributed by atoms with van der Waals surface area (Å²) in [5.41, 5.74) is 0. The monoisotopic (exact) mass is 299 g/mol. The van der Waals surface area contributed by atoms with E-state index >= 15 is 0 Å². The van der Waals surface area contributed by atoms with Gasteiger partial charge in [0.25, 0.3) is 5.09 Å². The second-order valence-electron chi connectivity index (χ2n) is 1.20. The summed E-state index contributed by atoms with van der Waals surface area (Å²) in [4.78, 5) is 8.36. The summed E-state index contributed by atoms with van der Waals surface area (Å²) in [6.45, 7) is 0. The fraction of sp³-hybridized carbons (Fsp3) is 0. The molecule has 0 atom stereocenters. The molecule has 72 valence electrons. The van der Waals surface area contributed by atoms with Crippen molar-refractivity contribution in [1.29, 1.82) is 0 Å². The molecule has 0 saturated heterocycles. The number of hydrogen-bond acceptors (Lipinski definition) is 2. The molecule has 0 fully saturated rings. The Morgan fingerprint density at radius 1 is 1.18 bits per heavy atom. The zero-order chi connectivity index (χ0) is 9.99. The first-order valence-corrected chi connectivity index (χ1v) is 7.37. The van der Waals surface area contributed by atoms with Gasteiger partial charge in [-0.1, -0.05) is 0 Å².